The predicted octanol–water partition coefficient (Wildman–Crippen LogP) is 0.962. The maximum Gasteiger partial charge on any atom is 0.410 e. The zero-order chi connectivity index (χ0) is 13.9. The number of nitrogens with zero attached hydrogens (tertiary/aromatic N) is 1. The van der Waals surface area contributed by atoms with Crippen molar-refractivity contribution < 1.29 is 13.7 Å². The van der Waals surface area contributed by atoms with Crippen LogP contribution < -0.4 is 5.32 Å². The molecular formula is C12H24N2O3S. The summed E-state index contributed by atoms with van der Waals surface area (Å²) >= 11 is 0. The Balaban J connectivity index is 2.23. The maximum absolute atomic E-state index is 11.7. The topological polar surface area (TPSA) is 58.6 Å². The lowest BCUT2D eigenvalue weighted by Crippen LogP contribution is -2.62. The molecule has 1 heterocycles. The fraction of sp³-hybridized carbons (Fsp3) is 0.917. The van der Waals surface area contributed by atoms with Gasteiger partial charge in [0.25, 0.3) is 0 Å². The van der Waals surface area contributed by atoms with Gasteiger partial charge in [0, 0.05) is 48.0 Å². The van der Waals surface area contributed by atoms with E-state index in [9.17, 15) is 9.00 Å². The number of carbonyl (C=O) groups is 1. The molecular weight excluding hydrogens is 252 g/mol. The lowest BCUT2D eigenvalue weighted by atomic mass is 10.1. The Labute approximate surface area is 112 Å². The van der Waals surface area contributed by atoms with Gasteiger partial charge in [-0.25, -0.2) is 4.79 Å². The molecule has 1 amide bonds. The highest BCUT2D eigenvalue weighted by Crippen LogP contribution is 2.15. The van der Waals surface area contributed by atoms with Gasteiger partial charge in [0.1, 0.15) is 5.60 Å². The molecule has 0 radical (unpaired) electrons. The first-order valence-electron chi connectivity index (χ1n) is 6.21. The largest absolute Gasteiger partial charge is 0.444 e. The highest BCUT2D eigenvalue weighted by atomic mass is 32.2. The monoisotopic (exact) mass is 276 g/mol. The van der Waals surface area contributed by atoms with Crippen molar-refractivity contribution in [3.63, 3.8) is 0 Å². The van der Waals surface area contributed by atoms with Crippen molar-refractivity contribution in [2.75, 3.05) is 25.1 Å². The first-order valence-corrected chi connectivity index (χ1v) is 7.94. The minimum Gasteiger partial charge on any atom is -0.444 e. The van der Waals surface area contributed by atoms with E-state index in [4.69, 9.17) is 4.74 Å². The zero-order valence-electron chi connectivity index (χ0n) is 11.9. The Morgan fingerprint density at radius 2 is 2.06 bits per heavy atom. The van der Waals surface area contributed by atoms with E-state index in [0.29, 0.717) is 18.8 Å². The third-order valence-corrected chi connectivity index (χ3v) is 3.51. The molecule has 0 aliphatic carbocycles. The number of hydrogen-bond acceptors (Lipinski definition) is 4. The molecule has 0 saturated carbocycles. The highest BCUT2D eigenvalue weighted by Gasteiger charge is 2.34. The van der Waals surface area contributed by atoms with E-state index in [-0.39, 0.29) is 18.2 Å². The van der Waals surface area contributed by atoms with Crippen molar-refractivity contribution in [3.05, 3.63) is 0 Å². The summed E-state index contributed by atoms with van der Waals surface area (Å²) in [5.41, 5.74) is -0.442. The molecule has 5 nitrogen and oxygen atoms in total. The molecule has 1 aliphatic rings. The Morgan fingerprint density at radius 3 is 2.50 bits per heavy atom. The predicted molar refractivity (Wildman–Crippen MR) is 73.1 cm³/mol. The van der Waals surface area contributed by atoms with E-state index in [1.165, 1.54) is 0 Å². The molecule has 2 unspecified atom stereocenters. The Kier molecular flexibility index (Phi) is 5.16. The van der Waals surface area contributed by atoms with Crippen LogP contribution in [0.25, 0.3) is 0 Å². The molecule has 1 fully saturated rings. The average molecular weight is 276 g/mol. The molecule has 0 bridgehead atoms. The van der Waals surface area contributed by atoms with E-state index in [1.54, 1.807) is 11.2 Å². The van der Waals surface area contributed by atoms with Crippen molar-refractivity contribution in [1.82, 2.24) is 10.2 Å². The van der Waals surface area contributed by atoms with E-state index < -0.39 is 16.4 Å². The number of amides is 1. The summed E-state index contributed by atoms with van der Waals surface area (Å²) < 4.78 is 16.3. The van der Waals surface area contributed by atoms with Crippen LogP contribution in [0.3, 0.4) is 0 Å². The summed E-state index contributed by atoms with van der Waals surface area (Å²) in [6.45, 7) is 8.92. The van der Waals surface area contributed by atoms with Crippen LogP contribution in [-0.2, 0) is 15.5 Å². The molecule has 2 atom stereocenters. The molecule has 1 rings (SSSR count). The van der Waals surface area contributed by atoms with Crippen LogP contribution >= 0.6 is 0 Å². The van der Waals surface area contributed by atoms with E-state index in [1.807, 2.05) is 27.7 Å². The van der Waals surface area contributed by atoms with Crippen molar-refractivity contribution in [1.29, 1.82) is 0 Å². The molecule has 0 aromatic rings. The van der Waals surface area contributed by atoms with Gasteiger partial charge >= 0.3 is 6.09 Å². The second-order valence-electron chi connectivity index (χ2n) is 5.89. The molecule has 1 aliphatic heterocycles. The van der Waals surface area contributed by atoms with Gasteiger partial charge in [-0.2, -0.15) is 0 Å². The fourth-order valence-corrected chi connectivity index (χ4v) is 2.66. The van der Waals surface area contributed by atoms with Crippen LogP contribution in [0.2, 0.25) is 0 Å². The van der Waals surface area contributed by atoms with Gasteiger partial charge in [0.05, 0.1) is 0 Å². The summed E-state index contributed by atoms with van der Waals surface area (Å²) in [4.78, 5) is 13.4. The number of ether oxygens (including phenoxy) is 1. The smallest absolute Gasteiger partial charge is 0.410 e. The van der Waals surface area contributed by atoms with Gasteiger partial charge < -0.3 is 15.0 Å². The molecule has 1 saturated heterocycles. The molecule has 0 spiro atoms. The highest BCUT2D eigenvalue weighted by molar-refractivity contribution is 7.84. The minimum atomic E-state index is -0.789. The van der Waals surface area contributed by atoms with Gasteiger partial charge in [-0.3, -0.25) is 4.21 Å². The van der Waals surface area contributed by atoms with E-state index in [2.05, 4.69) is 5.32 Å². The molecule has 1 N–H and O–H groups in total. The summed E-state index contributed by atoms with van der Waals surface area (Å²) in [5, 5.41) is 3.35. The number of hydrogen-bond donors (Lipinski definition) is 1. The van der Waals surface area contributed by atoms with Gasteiger partial charge in [-0.15, -0.1) is 0 Å². The summed E-state index contributed by atoms with van der Waals surface area (Å²) in [5.74, 6) is 0.642. The summed E-state index contributed by atoms with van der Waals surface area (Å²) in [7, 11) is -0.789. The maximum atomic E-state index is 11.7. The second-order valence-corrected chi connectivity index (χ2v) is 7.37. The summed E-state index contributed by atoms with van der Waals surface area (Å²) in [6, 6.07) is 0.498. The van der Waals surface area contributed by atoms with Gasteiger partial charge in [-0.1, -0.05) is 0 Å². The number of carbonyl (C=O) groups excluding carboxylic acids is 1. The average Bonchev–Trinajstić information content (AvgIpc) is 2.05. The van der Waals surface area contributed by atoms with Crippen molar-refractivity contribution in [3.8, 4) is 0 Å². The van der Waals surface area contributed by atoms with Crippen molar-refractivity contribution in [2.24, 2.45) is 0 Å². The molecule has 106 valence electrons. The quantitative estimate of drug-likeness (QED) is 0.831. The fourth-order valence-electron chi connectivity index (χ4n) is 1.86. The third kappa shape index (κ3) is 5.35. The zero-order valence-corrected chi connectivity index (χ0v) is 12.7. The number of nitrogens with one attached hydrogen (secondary N) is 1. The Bertz CT molecular complexity index is 322. The summed E-state index contributed by atoms with van der Waals surface area (Å²) in [6.07, 6.45) is 1.44. The first-order chi connectivity index (χ1) is 8.17. The van der Waals surface area contributed by atoms with Crippen LogP contribution in [-0.4, -0.2) is 58.0 Å². The Hall–Kier alpha value is -0.620. The van der Waals surface area contributed by atoms with Crippen LogP contribution in [0.5, 0.6) is 0 Å². The van der Waals surface area contributed by atoms with Crippen molar-refractivity contribution >= 4 is 16.9 Å². The molecule has 18 heavy (non-hydrogen) atoms. The van der Waals surface area contributed by atoms with E-state index >= 15 is 0 Å². The van der Waals surface area contributed by atoms with Crippen LogP contribution in [0.1, 0.15) is 27.7 Å². The minimum absolute atomic E-state index is 0.210. The number of rotatable bonds is 4. The lowest BCUT2D eigenvalue weighted by Gasteiger charge is -2.41. The molecule has 0 aromatic carbocycles. The molecule has 0 aromatic heterocycles. The lowest BCUT2D eigenvalue weighted by molar-refractivity contribution is 0.00459. The van der Waals surface area contributed by atoms with Crippen LogP contribution in [0.4, 0.5) is 4.79 Å². The van der Waals surface area contributed by atoms with Gasteiger partial charge in [0.2, 0.25) is 0 Å². The van der Waals surface area contributed by atoms with E-state index in [0.717, 1.165) is 0 Å². The normalized spacial score (nSPS) is 20.2. The van der Waals surface area contributed by atoms with Crippen molar-refractivity contribution in [2.45, 2.75) is 45.4 Å². The molecule has 6 heteroatoms. The second kappa shape index (κ2) is 6.02. The van der Waals surface area contributed by atoms with Gasteiger partial charge in [0.15, 0.2) is 0 Å². The number of likely N-dealkylation sites (tertiary alicyclic amines) is 1. The SMILES string of the molecule is CC(CS(C)=O)NC1CN(C(=O)OC(C)(C)C)C1. The standard InChI is InChI=1S/C12H24N2O3S/c1-9(8-18(5)16)13-10-6-14(7-10)11(15)17-12(2,3)4/h9-10,13H,6-8H2,1-5H3. The Morgan fingerprint density at radius 1 is 1.50 bits per heavy atom. The van der Waals surface area contributed by atoms with Crippen LogP contribution in [0.15, 0.2) is 0 Å². The van der Waals surface area contributed by atoms with Crippen LogP contribution in [0, 0.1) is 0 Å². The first kappa shape index (κ1) is 15.4. The van der Waals surface area contributed by atoms with Gasteiger partial charge in [-0.05, 0) is 27.7 Å². The third-order valence-electron chi connectivity index (χ3n) is 2.54.